The standard InChI is InChI=1S/C13H17N3O3/c1-13(2,3)19-12(17)15-18-9-10-5-4-6-11-14-7-8-16(10)11/h4-8H,9H2,1-3H3,(H,15,17). The highest BCUT2D eigenvalue weighted by Gasteiger charge is 2.16. The highest BCUT2D eigenvalue weighted by Crippen LogP contribution is 2.08. The maximum atomic E-state index is 11.4. The third-order valence-electron chi connectivity index (χ3n) is 2.29. The summed E-state index contributed by atoms with van der Waals surface area (Å²) in [5, 5.41) is 0. The van der Waals surface area contributed by atoms with E-state index in [1.54, 1.807) is 27.0 Å². The van der Waals surface area contributed by atoms with Crippen molar-refractivity contribution in [1.82, 2.24) is 14.9 Å². The predicted molar refractivity (Wildman–Crippen MR) is 69.4 cm³/mol. The van der Waals surface area contributed by atoms with Gasteiger partial charge in [-0.05, 0) is 32.9 Å². The van der Waals surface area contributed by atoms with Gasteiger partial charge < -0.3 is 9.14 Å². The van der Waals surface area contributed by atoms with Gasteiger partial charge in [-0.25, -0.2) is 9.78 Å². The van der Waals surface area contributed by atoms with Crippen molar-refractivity contribution >= 4 is 11.7 Å². The van der Waals surface area contributed by atoms with E-state index in [2.05, 4.69) is 10.5 Å². The van der Waals surface area contributed by atoms with Crippen LogP contribution < -0.4 is 5.48 Å². The number of hydrogen-bond donors (Lipinski definition) is 1. The maximum Gasteiger partial charge on any atom is 0.431 e. The molecule has 0 bridgehead atoms. The summed E-state index contributed by atoms with van der Waals surface area (Å²) in [7, 11) is 0. The Hall–Kier alpha value is -2.08. The number of pyridine rings is 1. The van der Waals surface area contributed by atoms with Crippen LogP contribution >= 0.6 is 0 Å². The lowest BCUT2D eigenvalue weighted by Crippen LogP contribution is -2.32. The van der Waals surface area contributed by atoms with E-state index in [0.717, 1.165) is 11.3 Å². The Morgan fingerprint density at radius 2 is 2.21 bits per heavy atom. The van der Waals surface area contributed by atoms with E-state index in [4.69, 9.17) is 9.57 Å². The molecular formula is C13H17N3O3. The minimum Gasteiger partial charge on any atom is -0.442 e. The van der Waals surface area contributed by atoms with Crippen molar-refractivity contribution in [3.63, 3.8) is 0 Å². The topological polar surface area (TPSA) is 64.9 Å². The van der Waals surface area contributed by atoms with E-state index < -0.39 is 11.7 Å². The number of fused-ring (bicyclic) bond motifs is 1. The number of carbonyl (C=O) groups excluding carboxylic acids is 1. The molecule has 1 N–H and O–H groups in total. The Bertz CT molecular complexity index is 572. The first-order chi connectivity index (χ1) is 8.96. The molecule has 0 aromatic carbocycles. The molecule has 6 nitrogen and oxygen atoms in total. The number of hydrogen-bond acceptors (Lipinski definition) is 4. The summed E-state index contributed by atoms with van der Waals surface area (Å²) >= 11 is 0. The smallest absolute Gasteiger partial charge is 0.431 e. The zero-order valence-corrected chi connectivity index (χ0v) is 11.2. The van der Waals surface area contributed by atoms with Gasteiger partial charge >= 0.3 is 6.09 Å². The number of imidazole rings is 1. The zero-order valence-electron chi connectivity index (χ0n) is 11.2. The third kappa shape index (κ3) is 3.69. The van der Waals surface area contributed by atoms with Gasteiger partial charge in [0.25, 0.3) is 0 Å². The van der Waals surface area contributed by atoms with Crippen LogP contribution in [0.4, 0.5) is 4.79 Å². The summed E-state index contributed by atoms with van der Waals surface area (Å²) in [6.45, 7) is 5.60. The summed E-state index contributed by atoms with van der Waals surface area (Å²) in [5.41, 5.74) is 3.42. The number of nitrogens with one attached hydrogen (secondary N) is 1. The molecule has 0 aliphatic heterocycles. The highest BCUT2D eigenvalue weighted by molar-refractivity contribution is 5.66. The summed E-state index contributed by atoms with van der Waals surface area (Å²) in [4.78, 5) is 20.7. The summed E-state index contributed by atoms with van der Waals surface area (Å²) in [6, 6.07) is 5.67. The number of carbonyl (C=O) groups is 1. The van der Waals surface area contributed by atoms with Crippen LogP contribution in [-0.4, -0.2) is 21.1 Å². The van der Waals surface area contributed by atoms with Crippen LogP contribution in [0.25, 0.3) is 5.65 Å². The largest absolute Gasteiger partial charge is 0.442 e. The summed E-state index contributed by atoms with van der Waals surface area (Å²) in [6.07, 6.45) is 2.94. The van der Waals surface area contributed by atoms with Gasteiger partial charge in [0, 0.05) is 12.4 Å². The fraction of sp³-hybridized carbons (Fsp3) is 0.385. The number of aromatic nitrogens is 2. The van der Waals surface area contributed by atoms with E-state index in [0.29, 0.717) is 0 Å². The monoisotopic (exact) mass is 263 g/mol. The quantitative estimate of drug-likeness (QED) is 0.863. The Kier molecular flexibility index (Phi) is 3.71. The van der Waals surface area contributed by atoms with E-state index in [1.165, 1.54) is 0 Å². The second-order valence-corrected chi connectivity index (χ2v) is 5.07. The molecule has 0 radical (unpaired) electrons. The molecule has 2 heterocycles. The van der Waals surface area contributed by atoms with Crippen molar-refractivity contribution in [3.05, 3.63) is 36.3 Å². The fourth-order valence-corrected chi connectivity index (χ4v) is 1.59. The average Bonchev–Trinajstić information content (AvgIpc) is 2.75. The van der Waals surface area contributed by atoms with Crippen molar-refractivity contribution in [2.75, 3.05) is 0 Å². The lowest BCUT2D eigenvalue weighted by atomic mass is 10.2. The van der Waals surface area contributed by atoms with E-state index >= 15 is 0 Å². The van der Waals surface area contributed by atoms with Crippen molar-refractivity contribution in [2.45, 2.75) is 33.0 Å². The number of hydroxylamine groups is 1. The van der Waals surface area contributed by atoms with Gasteiger partial charge in [0.15, 0.2) is 0 Å². The van der Waals surface area contributed by atoms with Gasteiger partial charge in [0.05, 0.1) is 5.69 Å². The lowest BCUT2D eigenvalue weighted by molar-refractivity contribution is -0.0146. The number of ether oxygens (including phenoxy) is 1. The molecule has 19 heavy (non-hydrogen) atoms. The predicted octanol–water partition coefficient (Wildman–Crippen LogP) is 2.29. The Morgan fingerprint density at radius 1 is 1.42 bits per heavy atom. The Balaban J connectivity index is 1.89. The first-order valence-electron chi connectivity index (χ1n) is 5.97. The van der Waals surface area contributed by atoms with Crippen LogP contribution in [0.1, 0.15) is 26.5 Å². The molecule has 1 amide bonds. The van der Waals surface area contributed by atoms with Crippen molar-refractivity contribution in [2.24, 2.45) is 0 Å². The molecule has 2 aromatic rings. The normalized spacial score (nSPS) is 11.5. The minimum absolute atomic E-state index is 0.229. The molecule has 6 heteroatoms. The fourth-order valence-electron chi connectivity index (χ4n) is 1.59. The van der Waals surface area contributed by atoms with E-state index in [9.17, 15) is 4.79 Å². The van der Waals surface area contributed by atoms with E-state index in [-0.39, 0.29) is 6.61 Å². The van der Waals surface area contributed by atoms with Crippen LogP contribution in [0.3, 0.4) is 0 Å². The minimum atomic E-state index is -0.606. The molecule has 0 saturated carbocycles. The van der Waals surface area contributed by atoms with Gasteiger partial charge in [-0.1, -0.05) is 6.07 Å². The van der Waals surface area contributed by atoms with E-state index in [1.807, 2.05) is 28.8 Å². The Labute approximate surface area is 111 Å². The van der Waals surface area contributed by atoms with Crippen molar-refractivity contribution in [3.8, 4) is 0 Å². The lowest BCUT2D eigenvalue weighted by Gasteiger charge is -2.19. The van der Waals surface area contributed by atoms with Gasteiger partial charge in [0.1, 0.15) is 17.9 Å². The molecule has 0 aliphatic carbocycles. The van der Waals surface area contributed by atoms with Gasteiger partial charge in [-0.15, -0.1) is 0 Å². The second-order valence-electron chi connectivity index (χ2n) is 5.07. The molecule has 0 saturated heterocycles. The second kappa shape index (κ2) is 5.27. The molecule has 2 aromatic heterocycles. The van der Waals surface area contributed by atoms with Crippen molar-refractivity contribution in [1.29, 1.82) is 0 Å². The molecular weight excluding hydrogens is 246 g/mol. The van der Waals surface area contributed by atoms with Gasteiger partial charge in [-0.3, -0.25) is 4.84 Å². The first kappa shape index (κ1) is 13.4. The zero-order chi connectivity index (χ0) is 13.9. The van der Waals surface area contributed by atoms with Gasteiger partial charge in [-0.2, -0.15) is 5.48 Å². The number of amides is 1. The van der Waals surface area contributed by atoms with Crippen LogP contribution in [0.2, 0.25) is 0 Å². The third-order valence-corrected chi connectivity index (χ3v) is 2.29. The first-order valence-corrected chi connectivity index (χ1v) is 5.97. The average molecular weight is 263 g/mol. The van der Waals surface area contributed by atoms with Crippen LogP contribution in [-0.2, 0) is 16.2 Å². The number of rotatable bonds is 3. The maximum absolute atomic E-state index is 11.4. The van der Waals surface area contributed by atoms with Crippen LogP contribution in [0.15, 0.2) is 30.6 Å². The Morgan fingerprint density at radius 3 is 2.95 bits per heavy atom. The van der Waals surface area contributed by atoms with Crippen molar-refractivity contribution < 1.29 is 14.4 Å². The number of nitrogens with zero attached hydrogens (tertiary/aromatic N) is 2. The van der Waals surface area contributed by atoms with Crippen LogP contribution in [0, 0.1) is 0 Å². The molecule has 102 valence electrons. The molecule has 0 fully saturated rings. The van der Waals surface area contributed by atoms with Crippen LogP contribution in [0.5, 0.6) is 0 Å². The molecule has 2 rings (SSSR count). The molecule has 0 atom stereocenters. The summed E-state index contributed by atoms with van der Waals surface area (Å²) < 4.78 is 6.94. The highest BCUT2D eigenvalue weighted by atomic mass is 16.7. The SMILES string of the molecule is CC(C)(C)OC(=O)NOCc1cccc2nccn12. The molecule has 0 spiro atoms. The summed E-state index contributed by atoms with van der Waals surface area (Å²) in [5.74, 6) is 0. The molecule has 0 unspecified atom stereocenters. The van der Waals surface area contributed by atoms with Gasteiger partial charge in [0.2, 0.25) is 0 Å². The molecule has 0 aliphatic rings.